The van der Waals surface area contributed by atoms with Crippen LogP contribution in [0.4, 0.5) is 11.4 Å². The van der Waals surface area contributed by atoms with Crippen LogP contribution in [-0.2, 0) is 14.3 Å². The van der Waals surface area contributed by atoms with Crippen LogP contribution in [-0.4, -0.2) is 44.2 Å². The number of amides is 2. The van der Waals surface area contributed by atoms with Gasteiger partial charge in [0.2, 0.25) is 11.8 Å². The van der Waals surface area contributed by atoms with Gasteiger partial charge in [-0.3, -0.25) is 9.59 Å². The largest absolute Gasteiger partial charge is 0.372 e. The van der Waals surface area contributed by atoms with E-state index in [2.05, 4.69) is 22.5 Å². The summed E-state index contributed by atoms with van der Waals surface area (Å²) in [5, 5.41) is 5.44. The molecule has 3 rings (SSSR count). The van der Waals surface area contributed by atoms with Crippen LogP contribution in [0.15, 0.2) is 24.3 Å². The van der Waals surface area contributed by atoms with Gasteiger partial charge in [-0.2, -0.15) is 0 Å². The molecule has 6 heteroatoms. The van der Waals surface area contributed by atoms with Crippen molar-refractivity contribution in [2.45, 2.75) is 38.7 Å². The van der Waals surface area contributed by atoms with Crippen LogP contribution in [0.3, 0.4) is 0 Å². The zero-order chi connectivity index (χ0) is 17.6. The van der Waals surface area contributed by atoms with Gasteiger partial charge in [0, 0.05) is 31.1 Å². The topological polar surface area (TPSA) is 70.7 Å². The molecule has 0 spiro atoms. The van der Waals surface area contributed by atoms with Gasteiger partial charge < -0.3 is 20.3 Å². The van der Waals surface area contributed by atoms with Gasteiger partial charge in [0.15, 0.2) is 0 Å². The van der Waals surface area contributed by atoms with Crippen LogP contribution in [0.1, 0.15) is 32.6 Å². The van der Waals surface area contributed by atoms with E-state index in [0.29, 0.717) is 6.61 Å². The number of carbonyl (C=O) groups excluding carboxylic acids is 2. The highest BCUT2D eigenvalue weighted by atomic mass is 16.5. The first-order valence-corrected chi connectivity index (χ1v) is 9.16. The maximum atomic E-state index is 12.0. The number of anilines is 2. The van der Waals surface area contributed by atoms with Crippen LogP contribution in [0.2, 0.25) is 0 Å². The average Bonchev–Trinajstić information content (AvgIpc) is 3.16. The molecule has 2 saturated heterocycles. The summed E-state index contributed by atoms with van der Waals surface area (Å²) in [5.74, 6) is 0.368. The molecule has 2 heterocycles. The first-order valence-electron chi connectivity index (χ1n) is 9.16. The van der Waals surface area contributed by atoms with Gasteiger partial charge in [-0.1, -0.05) is 6.92 Å². The normalized spacial score (nSPS) is 21.2. The molecule has 136 valence electrons. The zero-order valence-corrected chi connectivity index (χ0v) is 14.8. The summed E-state index contributed by atoms with van der Waals surface area (Å²) in [7, 11) is 0. The fourth-order valence-corrected chi connectivity index (χ4v) is 3.29. The third-order valence-electron chi connectivity index (χ3n) is 4.95. The van der Waals surface area contributed by atoms with E-state index >= 15 is 0 Å². The van der Waals surface area contributed by atoms with Crippen molar-refractivity contribution in [1.82, 2.24) is 5.32 Å². The van der Waals surface area contributed by atoms with E-state index in [0.717, 1.165) is 37.5 Å². The van der Waals surface area contributed by atoms with Crippen molar-refractivity contribution >= 4 is 23.2 Å². The maximum absolute atomic E-state index is 12.0. The van der Waals surface area contributed by atoms with Crippen LogP contribution in [0.5, 0.6) is 0 Å². The molecule has 0 saturated carbocycles. The zero-order valence-electron chi connectivity index (χ0n) is 14.8. The lowest BCUT2D eigenvalue weighted by Crippen LogP contribution is -2.39. The maximum Gasteiger partial charge on any atom is 0.249 e. The smallest absolute Gasteiger partial charge is 0.249 e. The number of hydrogen-bond acceptors (Lipinski definition) is 4. The number of rotatable bonds is 5. The van der Waals surface area contributed by atoms with Crippen molar-refractivity contribution in [3.63, 3.8) is 0 Å². The second kappa shape index (κ2) is 8.34. The molecule has 2 amide bonds. The molecule has 2 fully saturated rings. The van der Waals surface area contributed by atoms with E-state index in [-0.39, 0.29) is 18.4 Å². The third-order valence-corrected chi connectivity index (χ3v) is 4.95. The van der Waals surface area contributed by atoms with Crippen molar-refractivity contribution in [2.75, 3.05) is 36.5 Å². The molecule has 2 N–H and O–H groups in total. The molecule has 1 atom stereocenters. The van der Waals surface area contributed by atoms with Crippen LogP contribution < -0.4 is 15.5 Å². The number of hydrogen-bond donors (Lipinski definition) is 2. The third kappa shape index (κ3) is 4.95. The van der Waals surface area contributed by atoms with E-state index in [1.54, 1.807) is 0 Å². The average molecular weight is 345 g/mol. The van der Waals surface area contributed by atoms with Crippen LogP contribution in [0.25, 0.3) is 0 Å². The summed E-state index contributed by atoms with van der Waals surface area (Å²) in [6, 6.07) is 7.90. The molecule has 2 aliphatic rings. The summed E-state index contributed by atoms with van der Waals surface area (Å²) in [6.07, 6.45) is 3.67. The van der Waals surface area contributed by atoms with Crippen molar-refractivity contribution in [2.24, 2.45) is 5.92 Å². The SMILES string of the molecule is CC1CCN(c2ccc(NC(=O)CNC(=O)C3CCCO3)cc2)CC1. The van der Waals surface area contributed by atoms with E-state index in [1.165, 1.54) is 18.5 Å². The van der Waals surface area contributed by atoms with E-state index < -0.39 is 6.10 Å². The number of ether oxygens (including phenoxy) is 1. The molecule has 1 aromatic carbocycles. The summed E-state index contributed by atoms with van der Waals surface area (Å²) in [4.78, 5) is 26.2. The molecular weight excluding hydrogens is 318 g/mol. The molecule has 6 nitrogen and oxygen atoms in total. The molecule has 1 aromatic rings. The van der Waals surface area contributed by atoms with Crippen molar-refractivity contribution < 1.29 is 14.3 Å². The summed E-state index contributed by atoms with van der Waals surface area (Å²) >= 11 is 0. The van der Waals surface area contributed by atoms with Gasteiger partial charge in [-0.05, 0) is 55.9 Å². The summed E-state index contributed by atoms with van der Waals surface area (Å²) in [6.45, 7) is 5.05. The number of benzene rings is 1. The monoisotopic (exact) mass is 345 g/mol. The first kappa shape index (κ1) is 17.7. The Balaban J connectivity index is 1.44. The van der Waals surface area contributed by atoms with Crippen LogP contribution >= 0.6 is 0 Å². The Labute approximate surface area is 148 Å². The predicted octanol–water partition coefficient (Wildman–Crippen LogP) is 2.16. The lowest BCUT2D eigenvalue weighted by molar-refractivity contribution is -0.131. The van der Waals surface area contributed by atoms with Crippen molar-refractivity contribution in [1.29, 1.82) is 0 Å². The number of piperidine rings is 1. The Morgan fingerprint density at radius 3 is 2.52 bits per heavy atom. The lowest BCUT2D eigenvalue weighted by atomic mass is 9.99. The Morgan fingerprint density at radius 2 is 1.88 bits per heavy atom. The van der Waals surface area contributed by atoms with E-state index in [4.69, 9.17) is 4.74 Å². The minimum Gasteiger partial charge on any atom is -0.372 e. The fraction of sp³-hybridized carbons (Fsp3) is 0.579. The molecule has 0 aliphatic carbocycles. The number of nitrogens with one attached hydrogen (secondary N) is 2. The minimum atomic E-state index is -0.403. The molecule has 0 radical (unpaired) electrons. The quantitative estimate of drug-likeness (QED) is 0.858. The highest BCUT2D eigenvalue weighted by molar-refractivity contribution is 5.95. The Hall–Kier alpha value is -2.08. The van der Waals surface area contributed by atoms with Crippen LogP contribution in [0, 0.1) is 5.92 Å². The Bertz CT molecular complexity index is 588. The Morgan fingerprint density at radius 1 is 1.16 bits per heavy atom. The predicted molar refractivity (Wildman–Crippen MR) is 97.7 cm³/mol. The van der Waals surface area contributed by atoms with Gasteiger partial charge in [-0.25, -0.2) is 0 Å². The molecule has 1 unspecified atom stereocenters. The van der Waals surface area contributed by atoms with E-state index in [9.17, 15) is 9.59 Å². The number of nitrogens with zero attached hydrogens (tertiary/aromatic N) is 1. The first-order chi connectivity index (χ1) is 12.1. The van der Waals surface area contributed by atoms with Gasteiger partial charge in [0.25, 0.3) is 0 Å². The van der Waals surface area contributed by atoms with Gasteiger partial charge in [0.05, 0.1) is 6.54 Å². The molecule has 0 aromatic heterocycles. The molecule has 25 heavy (non-hydrogen) atoms. The van der Waals surface area contributed by atoms with Gasteiger partial charge in [0.1, 0.15) is 6.10 Å². The summed E-state index contributed by atoms with van der Waals surface area (Å²) < 4.78 is 5.29. The Kier molecular flexibility index (Phi) is 5.91. The molecular formula is C19H27N3O3. The number of carbonyl (C=O) groups is 2. The highest BCUT2D eigenvalue weighted by Crippen LogP contribution is 2.24. The highest BCUT2D eigenvalue weighted by Gasteiger charge is 2.23. The van der Waals surface area contributed by atoms with Crippen molar-refractivity contribution in [3.8, 4) is 0 Å². The summed E-state index contributed by atoms with van der Waals surface area (Å²) in [5.41, 5.74) is 1.93. The van der Waals surface area contributed by atoms with Gasteiger partial charge >= 0.3 is 0 Å². The molecule has 0 bridgehead atoms. The van der Waals surface area contributed by atoms with Crippen molar-refractivity contribution in [3.05, 3.63) is 24.3 Å². The second-order valence-corrected chi connectivity index (χ2v) is 6.98. The standard InChI is InChI=1S/C19H27N3O3/c1-14-8-10-22(11-9-14)16-6-4-15(5-7-16)21-18(23)13-20-19(24)17-3-2-12-25-17/h4-7,14,17H,2-3,8-13H2,1H3,(H,20,24)(H,21,23). The molecule has 2 aliphatic heterocycles. The van der Waals surface area contributed by atoms with E-state index in [1.807, 2.05) is 24.3 Å². The lowest BCUT2D eigenvalue weighted by Gasteiger charge is -2.32. The fourth-order valence-electron chi connectivity index (χ4n) is 3.29. The second-order valence-electron chi connectivity index (χ2n) is 6.98. The minimum absolute atomic E-state index is 0.0372. The van der Waals surface area contributed by atoms with Gasteiger partial charge in [-0.15, -0.1) is 0 Å².